The quantitative estimate of drug-likeness (QED) is 0.277. The van der Waals surface area contributed by atoms with Crippen LogP contribution >= 0.6 is 34.5 Å². The van der Waals surface area contributed by atoms with E-state index in [4.69, 9.17) is 27.9 Å². The average Bonchev–Trinajstić information content (AvgIpc) is 3.37. The number of ether oxygens (including phenoxy) is 1. The highest BCUT2D eigenvalue weighted by Crippen LogP contribution is 2.44. The van der Waals surface area contributed by atoms with Gasteiger partial charge in [-0.2, -0.15) is 0 Å². The second-order valence-electron chi connectivity index (χ2n) is 6.74. The number of benzene rings is 2. The Kier molecular flexibility index (Phi) is 6.05. The number of aliphatic hydroxyl groups is 1. The highest BCUT2D eigenvalue weighted by Gasteiger charge is 2.47. The Labute approximate surface area is 193 Å². The molecule has 3 aromatic rings. The van der Waals surface area contributed by atoms with Crippen LogP contribution in [0, 0.1) is 0 Å². The molecule has 1 saturated heterocycles. The number of aliphatic hydroxyl groups excluding tert-OH is 1. The minimum Gasteiger partial charge on any atom is -0.507 e. The third-order valence-electron chi connectivity index (χ3n) is 4.86. The predicted octanol–water partition coefficient (Wildman–Crippen LogP) is 6.08. The van der Waals surface area contributed by atoms with E-state index in [1.54, 1.807) is 30.3 Å². The van der Waals surface area contributed by atoms with Crippen molar-refractivity contribution >= 4 is 57.7 Å². The Hall–Kier alpha value is -2.80. The molecule has 8 heteroatoms. The minimum atomic E-state index is -0.786. The first-order valence-electron chi connectivity index (χ1n) is 9.45. The van der Waals surface area contributed by atoms with Gasteiger partial charge in [-0.25, -0.2) is 0 Å². The standard InChI is InChI=1S/C23H17Cl2NO4S/c1-2-30-15-6-3-5-14(12-15)26-20(18-7-4-10-31-18)19(22(28)23(26)29)21(27)13-8-9-16(24)17(25)11-13/h3-12,20,27H,2H2,1H3/b21-19-. The predicted molar refractivity (Wildman–Crippen MR) is 123 cm³/mol. The number of Topliss-reactive ketones (excluding diaryl/α,β-unsaturated/α-hetero) is 1. The Morgan fingerprint density at radius 3 is 2.58 bits per heavy atom. The Morgan fingerprint density at radius 1 is 1.10 bits per heavy atom. The second-order valence-corrected chi connectivity index (χ2v) is 8.54. The van der Waals surface area contributed by atoms with Crippen molar-refractivity contribution in [2.45, 2.75) is 13.0 Å². The van der Waals surface area contributed by atoms with Gasteiger partial charge in [0.1, 0.15) is 17.6 Å². The first kappa shape index (κ1) is 21.4. The van der Waals surface area contributed by atoms with Crippen LogP contribution in [-0.2, 0) is 9.59 Å². The van der Waals surface area contributed by atoms with Crippen LogP contribution in [0.4, 0.5) is 5.69 Å². The van der Waals surface area contributed by atoms with Crippen molar-refractivity contribution in [1.82, 2.24) is 0 Å². The highest BCUT2D eigenvalue weighted by molar-refractivity contribution is 7.10. The fourth-order valence-corrected chi connectivity index (χ4v) is 4.63. The normalized spacial score (nSPS) is 17.9. The van der Waals surface area contributed by atoms with Crippen LogP contribution in [-0.4, -0.2) is 23.4 Å². The topological polar surface area (TPSA) is 66.8 Å². The van der Waals surface area contributed by atoms with E-state index >= 15 is 0 Å². The van der Waals surface area contributed by atoms with Crippen LogP contribution in [0.25, 0.3) is 5.76 Å². The van der Waals surface area contributed by atoms with Crippen molar-refractivity contribution in [1.29, 1.82) is 0 Å². The number of hydrogen-bond donors (Lipinski definition) is 1. The summed E-state index contributed by atoms with van der Waals surface area (Å²) in [6, 6.07) is 14.4. The minimum absolute atomic E-state index is 0.00680. The van der Waals surface area contributed by atoms with Crippen molar-refractivity contribution < 1.29 is 19.4 Å². The number of nitrogens with zero attached hydrogens (tertiary/aromatic N) is 1. The van der Waals surface area contributed by atoms with Gasteiger partial charge in [-0.3, -0.25) is 14.5 Å². The van der Waals surface area contributed by atoms with Gasteiger partial charge in [0.25, 0.3) is 11.7 Å². The summed E-state index contributed by atoms with van der Waals surface area (Å²) in [6.07, 6.45) is 0. The van der Waals surface area contributed by atoms with Crippen molar-refractivity contribution in [3.05, 3.63) is 86.0 Å². The number of halogens is 2. The van der Waals surface area contributed by atoms with E-state index in [1.165, 1.54) is 28.4 Å². The average molecular weight is 474 g/mol. The van der Waals surface area contributed by atoms with Gasteiger partial charge in [0.05, 0.1) is 22.2 Å². The lowest BCUT2D eigenvalue weighted by atomic mass is 9.99. The second kappa shape index (κ2) is 8.75. The Morgan fingerprint density at radius 2 is 1.90 bits per heavy atom. The van der Waals surface area contributed by atoms with Gasteiger partial charge in [-0.1, -0.05) is 35.3 Å². The molecule has 2 aromatic carbocycles. The van der Waals surface area contributed by atoms with E-state index < -0.39 is 17.7 Å². The van der Waals surface area contributed by atoms with Crippen LogP contribution in [0.15, 0.2) is 65.6 Å². The summed E-state index contributed by atoms with van der Waals surface area (Å²) < 4.78 is 5.55. The van der Waals surface area contributed by atoms with Crippen LogP contribution in [0.3, 0.4) is 0 Å². The lowest BCUT2D eigenvalue weighted by Crippen LogP contribution is -2.29. The summed E-state index contributed by atoms with van der Waals surface area (Å²) in [5.74, 6) is -1.23. The third-order valence-corrected chi connectivity index (χ3v) is 6.52. The van der Waals surface area contributed by atoms with Crippen molar-refractivity contribution in [3.63, 3.8) is 0 Å². The third kappa shape index (κ3) is 3.94. The fourth-order valence-electron chi connectivity index (χ4n) is 3.50. The van der Waals surface area contributed by atoms with Crippen molar-refractivity contribution in [3.8, 4) is 5.75 Å². The number of ketones is 1. The largest absolute Gasteiger partial charge is 0.507 e. The molecule has 1 unspecified atom stereocenters. The monoisotopic (exact) mass is 473 g/mol. The molecule has 0 bridgehead atoms. The molecule has 0 radical (unpaired) electrons. The van der Waals surface area contributed by atoms with Gasteiger partial charge in [-0.05, 0) is 48.7 Å². The number of thiophene rings is 1. The molecule has 5 nitrogen and oxygen atoms in total. The molecular weight excluding hydrogens is 457 g/mol. The van der Waals surface area contributed by atoms with E-state index in [1.807, 2.05) is 24.4 Å². The lowest BCUT2D eigenvalue weighted by molar-refractivity contribution is -0.132. The van der Waals surface area contributed by atoms with Gasteiger partial charge in [0.15, 0.2) is 0 Å². The molecule has 1 atom stereocenters. The maximum absolute atomic E-state index is 13.1. The molecule has 1 N–H and O–H groups in total. The molecule has 0 aliphatic carbocycles. The molecule has 1 fully saturated rings. The molecule has 1 amide bonds. The SMILES string of the molecule is CCOc1cccc(N2C(=O)C(=O)/C(=C(\O)c3ccc(Cl)c(Cl)c3)C2c2cccs2)c1. The van der Waals surface area contributed by atoms with Gasteiger partial charge in [0.2, 0.25) is 0 Å². The summed E-state index contributed by atoms with van der Waals surface area (Å²) >= 11 is 13.5. The van der Waals surface area contributed by atoms with Gasteiger partial charge in [0, 0.05) is 22.2 Å². The van der Waals surface area contributed by atoms with E-state index in [9.17, 15) is 14.7 Å². The van der Waals surface area contributed by atoms with Gasteiger partial charge in [-0.15, -0.1) is 11.3 Å². The zero-order valence-electron chi connectivity index (χ0n) is 16.3. The fraction of sp³-hybridized carbons (Fsp3) is 0.130. The van der Waals surface area contributed by atoms with Crippen LogP contribution in [0.2, 0.25) is 10.0 Å². The summed E-state index contributed by atoms with van der Waals surface area (Å²) in [4.78, 5) is 28.3. The van der Waals surface area contributed by atoms with E-state index in [2.05, 4.69) is 0 Å². The first-order chi connectivity index (χ1) is 14.9. The van der Waals surface area contributed by atoms with Crippen molar-refractivity contribution in [2.24, 2.45) is 0 Å². The molecule has 31 heavy (non-hydrogen) atoms. The van der Waals surface area contributed by atoms with E-state index in [0.717, 1.165) is 4.88 Å². The zero-order valence-corrected chi connectivity index (χ0v) is 18.7. The summed E-state index contributed by atoms with van der Waals surface area (Å²) in [5, 5.41) is 13.5. The maximum atomic E-state index is 13.1. The summed E-state index contributed by atoms with van der Waals surface area (Å²) in [5.41, 5.74) is 0.796. The van der Waals surface area contributed by atoms with E-state index in [0.29, 0.717) is 28.6 Å². The van der Waals surface area contributed by atoms with Gasteiger partial charge >= 0.3 is 0 Å². The molecule has 0 saturated carbocycles. The van der Waals surface area contributed by atoms with Crippen LogP contribution in [0.5, 0.6) is 5.75 Å². The van der Waals surface area contributed by atoms with Crippen molar-refractivity contribution in [2.75, 3.05) is 11.5 Å². The smallest absolute Gasteiger partial charge is 0.300 e. The number of carbonyl (C=O) groups excluding carboxylic acids is 2. The lowest BCUT2D eigenvalue weighted by Gasteiger charge is -2.24. The number of anilines is 1. The number of hydrogen-bond acceptors (Lipinski definition) is 5. The Bertz CT molecular complexity index is 1190. The molecule has 2 heterocycles. The number of rotatable bonds is 5. The molecule has 4 rings (SSSR count). The molecule has 1 aliphatic rings. The van der Waals surface area contributed by atoms with Gasteiger partial charge < -0.3 is 9.84 Å². The zero-order chi connectivity index (χ0) is 22.1. The molecule has 158 valence electrons. The highest BCUT2D eigenvalue weighted by atomic mass is 35.5. The van der Waals surface area contributed by atoms with E-state index in [-0.39, 0.29) is 16.4 Å². The number of amides is 1. The maximum Gasteiger partial charge on any atom is 0.300 e. The summed E-state index contributed by atoms with van der Waals surface area (Å²) in [7, 11) is 0. The first-order valence-corrected chi connectivity index (χ1v) is 11.1. The Balaban J connectivity index is 1.90. The molecule has 0 spiro atoms. The molecule has 1 aliphatic heterocycles. The summed E-state index contributed by atoms with van der Waals surface area (Å²) in [6.45, 7) is 2.33. The molecular formula is C23H17Cl2NO4S. The number of carbonyl (C=O) groups is 2. The van der Waals surface area contributed by atoms with Crippen LogP contribution in [0.1, 0.15) is 23.4 Å². The molecule has 1 aromatic heterocycles. The van der Waals surface area contributed by atoms with Crippen LogP contribution < -0.4 is 9.64 Å².